The number of hydrogen-bond acceptors (Lipinski definition) is 4. The molecule has 0 saturated heterocycles. The molecule has 0 saturated carbocycles. The maximum absolute atomic E-state index is 4.38. The largest absolute Gasteiger partial charge is 0.361 e. The highest BCUT2D eigenvalue weighted by molar-refractivity contribution is 5.99. The summed E-state index contributed by atoms with van der Waals surface area (Å²) in [7, 11) is 3.91. The van der Waals surface area contributed by atoms with E-state index in [0.717, 1.165) is 27.8 Å². The summed E-state index contributed by atoms with van der Waals surface area (Å²) < 4.78 is 0. The minimum atomic E-state index is 0.836. The Hall–Kier alpha value is -2.49. The lowest BCUT2D eigenvalue weighted by Crippen LogP contribution is -2.12. The van der Waals surface area contributed by atoms with Crippen LogP contribution in [0.25, 0.3) is 22.0 Å². The van der Waals surface area contributed by atoms with Crippen molar-refractivity contribution in [1.82, 2.24) is 15.2 Å². The molecule has 0 atom stereocenters. The van der Waals surface area contributed by atoms with Crippen LogP contribution < -0.4 is 4.90 Å². The number of anilines is 1. The molecule has 0 spiro atoms. The van der Waals surface area contributed by atoms with Crippen LogP contribution in [-0.2, 0) is 0 Å². The highest BCUT2D eigenvalue weighted by Crippen LogP contribution is 2.29. The molecule has 19 heavy (non-hydrogen) atoms. The topological polar surface area (TPSA) is 41.9 Å². The van der Waals surface area contributed by atoms with Crippen LogP contribution in [0.3, 0.4) is 0 Å². The van der Waals surface area contributed by atoms with E-state index in [1.54, 1.807) is 6.20 Å². The molecule has 0 bridgehead atoms. The Labute approximate surface area is 111 Å². The van der Waals surface area contributed by atoms with E-state index in [4.69, 9.17) is 0 Å². The number of benzene rings is 1. The van der Waals surface area contributed by atoms with Gasteiger partial charge in [0.2, 0.25) is 0 Å². The van der Waals surface area contributed by atoms with Crippen molar-refractivity contribution in [2.75, 3.05) is 19.0 Å². The third-order valence-corrected chi connectivity index (χ3v) is 3.03. The summed E-state index contributed by atoms with van der Waals surface area (Å²) in [6.07, 6.45) is 3.63. The van der Waals surface area contributed by atoms with Crippen LogP contribution in [0.1, 0.15) is 0 Å². The third-order valence-electron chi connectivity index (χ3n) is 3.03. The van der Waals surface area contributed by atoms with Crippen molar-refractivity contribution in [2.45, 2.75) is 0 Å². The van der Waals surface area contributed by atoms with Crippen LogP contribution in [0.15, 0.2) is 48.8 Å². The van der Waals surface area contributed by atoms with Gasteiger partial charge in [0.1, 0.15) is 5.69 Å². The molecule has 3 aromatic rings. The molecule has 4 nitrogen and oxygen atoms in total. The minimum Gasteiger partial charge on any atom is -0.361 e. The summed E-state index contributed by atoms with van der Waals surface area (Å²) in [5.74, 6) is 0.836. The fourth-order valence-corrected chi connectivity index (χ4v) is 2.12. The number of fused-ring (bicyclic) bond motifs is 1. The lowest BCUT2D eigenvalue weighted by atomic mass is 10.1. The molecule has 2 heterocycles. The van der Waals surface area contributed by atoms with Gasteiger partial charge in [0.05, 0.1) is 0 Å². The summed E-state index contributed by atoms with van der Waals surface area (Å²) in [6, 6.07) is 12.1. The normalized spacial score (nSPS) is 10.6. The molecule has 2 aromatic heterocycles. The van der Waals surface area contributed by atoms with Gasteiger partial charge in [-0.25, -0.2) is 0 Å². The monoisotopic (exact) mass is 250 g/mol. The fourth-order valence-electron chi connectivity index (χ4n) is 2.12. The van der Waals surface area contributed by atoms with Crippen LogP contribution in [0.5, 0.6) is 0 Å². The van der Waals surface area contributed by atoms with Gasteiger partial charge in [-0.05, 0) is 6.07 Å². The highest BCUT2D eigenvalue weighted by atomic mass is 15.2. The average molecular weight is 250 g/mol. The molecule has 94 valence electrons. The molecule has 0 radical (unpaired) electrons. The Morgan fingerprint density at radius 1 is 0.895 bits per heavy atom. The first kappa shape index (κ1) is 11.6. The number of hydrogen-bond donors (Lipinski definition) is 0. The van der Waals surface area contributed by atoms with Gasteiger partial charge in [0, 0.05) is 42.8 Å². The molecule has 0 unspecified atom stereocenters. The van der Waals surface area contributed by atoms with E-state index >= 15 is 0 Å². The first-order valence-corrected chi connectivity index (χ1v) is 6.10. The molecule has 0 amide bonds. The second-order valence-electron chi connectivity index (χ2n) is 4.55. The Bertz CT molecular complexity index is 708. The summed E-state index contributed by atoms with van der Waals surface area (Å²) in [5, 5.41) is 10.8. The SMILES string of the molecule is CN(C)c1nnc(-c2ccccc2)c2ccncc12. The second-order valence-corrected chi connectivity index (χ2v) is 4.55. The van der Waals surface area contributed by atoms with Gasteiger partial charge < -0.3 is 4.90 Å². The fraction of sp³-hybridized carbons (Fsp3) is 0.133. The highest BCUT2D eigenvalue weighted by Gasteiger charge is 2.11. The molecular formula is C15H14N4. The summed E-state index contributed by atoms with van der Waals surface area (Å²) in [5.41, 5.74) is 1.96. The van der Waals surface area contributed by atoms with Crippen molar-refractivity contribution in [2.24, 2.45) is 0 Å². The third kappa shape index (κ3) is 2.01. The zero-order valence-corrected chi connectivity index (χ0v) is 10.9. The van der Waals surface area contributed by atoms with Crippen molar-refractivity contribution in [3.63, 3.8) is 0 Å². The van der Waals surface area contributed by atoms with E-state index in [-0.39, 0.29) is 0 Å². The Balaban J connectivity index is 2.31. The van der Waals surface area contributed by atoms with E-state index in [1.807, 2.05) is 61.6 Å². The number of aromatic nitrogens is 3. The van der Waals surface area contributed by atoms with Gasteiger partial charge in [-0.3, -0.25) is 4.98 Å². The van der Waals surface area contributed by atoms with Crippen LogP contribution in [0, 0.1) is 0 Å². The molecule has 4 heteroatoms. The molecule has 0 aliphatic rings. The van der Waals surface area contributed by atoms with E-state index < -0.39 is 0 Å². The average Bonchev–Trinajstić information content (AvgIpc) is 2.47. The first-order valence-electron chi connectivity index (χ1n) is 6.10. The molecule has 0 N–H and O–H groups in total. The number of pyridine rings is 1. The standard InChI is InChI=1S/C15H14N4/c1-19(2)15-13-10-16-9-8-12(13)14(17-18-15)11-6-4-3-5-7-11/h3-10H,1-2H3. The Kier molecular flexibility index (Phi) is 2.83. The summed E-state index contributed by atoms with van der Waals surface area (Å²) in [6.45, 7) is 0. The quantitative estimate of drug-likeness (QED) is 0.701. The zero-order chi connectivity index (χ0) is 13.2. The predicted octanol–water partition coefficient (Wildman–Crippen LogP) is 2.76. The van der Waals surface area contributed by atoms with Gasteiger partial charge >= 0.3 is 0 Å². The molecular weight excluding hydrogens is 236 g/mol. The molecule has 1 aromatic carbocycles. The molecule has 0 fully saturated rings. The maximum Gasteiger partial charge on any atom is 0.160 e. The lowest BCUT2D eigenvalue weighted by molar-refractivity contribution is 0.983. The predicted molar refractivity (Wildman–Crippen MR) is 77.1 cm³/mol. The van der Waals surface area contributed by atoms with Crippen molar-refractivity contribution >= 4 is 16.6 Å². The number of nitrogens with zero attached hydrogens (tertiary/aromatic N) is 4. The smallest absolute Gasteiger partial charge is 0.160 e. The van der Waals surface area contributed by atoms with E-state index in [1.165, 1.54) is 0 Å². The number of rotatable bonds is 2. The maximum atomic E-state index is 4.38. The lowest BCUT2D eigenvalue weighted by Gasteiger charge is -2.14. The molecule has 0 aliphatic heterocycles. The van der Waals surface area contributed by atoms with Crippen LogP contribution in [-0.4, -0.2) is 29.3 Å². The summed E-state index contributed by atoms with van der Waals surface area (Å²) in [4.78, 5) is 6.15. The van der Waals surface area contributed by atoms with Gasteiger partial charge in [-0.2, -0.15) is 0 Å². The Morgan fingerprint density at radius 2 is 1.68 bits per heavy atom. The van der Waals surface area contributed by atoms with Gasteiger partial charge in [0.25, 0.3) is 0 Å². The summed E-state index contributed by atoms with van der Waals surface area (Å²) >= 11 is 0. The molecule has 3 rings (SSSR count). The van der Waals surface area contributed by atoms with Crippen LogP contribution >= 0.6 is 0 Å². The van der Waals surface area contributed by atoms with Crippen molar-refractivity contribution in [3.05, 3.63) is 48.8 Å². The van der Waals surface area contributed by atoms with Crippen LogP contribution in [0.2, 0.25) is 0 Å². The van der Waals surface area contributed by atoms with E-state index in [9.17, 15) is 0 Å². The van der Waals surface area contributed by atoms with Crippen LogP contribution in [0.4, 0.5) is 5.82 Å². The van der Waals surface area contributed by atoms with E-state index in [2.05, 4.69) is 15.2 Å². The van der Waals surface area contributed by atoms with Gasteiger partial charge in [-0.1, -0.05) is 30.3 Å². The minimum absolute atomic E-state index is 0.836. The Morgan fingerprint density at radius 3 is 2.42 bits per heavy atom. The van der Waals surface area contributed by atoms with Crippen molar-refractivity contribution in [1.29, 1.82) is 0 Å². The van der Waals surface area contributed by atoms with E-state index in [0.29, 0.717) is 0 Å². The van der Waals surface area contributed by atoms with Crippen molar-refractivity contribution < 1.29 is 0 Å². The second kappa shape index (κ2) is 4.65. The van der Waals surface area contributed by atoms with Crippen molar-refractivity contribution in [3.8, 4) is 11.3 Å². The zero-order valence-electron chi connectivity index (χ0n) is 10.9. The van der Waals surface area contributed by atoms with Gasteiger partial charge in [-0.15, -0.1) is 10.2 Å². The molecule has 0 aliphatic carbocycles. The van der Waals surface area contributed by atoms with Gasteiger partial charge in [0.15, 0.2) is 5.82 Å². The first-order chi connectivity index (χ1) is 9.27.